The highest BCUT2D eigenvalue weighted by atomic mass is 32.2. The van der Waals surface area contributed by atoms with Gasteiger partial charge in [0.2, 0.25) is 5.75 Å². The van der Waals surface area contributed by atoms with Gasteiger partial charge in [0.1, 0.15) is 6.10 Å². The van der Waals surface area contributed by atoms with Crippen LogP contribution < -0.4 is 4.74 Å². The number of aromatic hydroxyl groups is 2. The maximum atomic E-state index is 10.8. The number of hydrogen-bond donors (Lipinski definition) is 4. The van der Waals surface area contributed by atoms with Crippen molar-refractivity contribution in [3.8, 4) is 17.2 Å². The highest BCUT2D eigenvalue weighted by molar-refractivity contribution is 8.13. The Kier molecular flexibility index (Phi) is 5.46. The molecule has 0 heterocycles. The van der Waals surface area contributed by atoms with Gasteiger partial charge in [0.05, 0.1) is 13.2 Å². The van der Waals surface area contributed by atoms with Crippen molar-refractivity contribution < 1.29 is 30.0 Å². The van der Waals surface area contributed by atoms with E-state index in [9.17, 15) is 25.2 Å². The lowest BCUT2D eigenvalue weighted by Gasteiger charge is -2.18. The van der Waals surface area contributed by atoms with Gasteiger partial charge in [-0.25, -0.2) is 0 Å². The molecule has 19 heavy (non-hydrogen) atoms. The first-order valence-corrected chi connectivity index (χ1v) is 6.44. The average Bonchev–Trinajstić information content (AvgIpc) is 2.37. The van der Waals surface area contributed by atoms with E-state index in [0.717, 1.165) is 17.8 Å². The molecule has 4 N–H and O–H groups in total. The Balaban J connectivity index is 2.90. The molecule has 7 heteroatoms. The summed E-state index contributed by atoms with van der Waals surface area (Å²) in [5.41, 5.74) is 0.184. The summed E-state index contributed by atoms with van der Waals surface area (Å²) < 4.78 is 4.83. The van der Waals surface area contributed by atoms with Crippen LogP contribution in [0.2, 0.25) is 0 Å². The molecule has 0 saturated heterocycles. The molecule has 0 aliphatic rings. The number of ether oxygens (including phenoxy) is 1. The lowest BCUT2D eigenvalue weighted by molar-refractivity contribution is -0.109. The van der Waals surface area contributed by atoms with E-state index in [-0.39, 0.29) is 22.2 Å². The second kappa shape index (κ2) is 6.65. The molecule has 1 aromatic rings. The van der Waals surface area contributed by atoms with E-state index >= 15 is 0 Å². The molecule has 0 aromatic heterocycles. The molecule has 106 valence electrons. The van der Waals surface area contributed by atoms with Crippen LogP contribution in [0.4, 0.5) is 0 Å². The highest BCUT2D eigenvalue weighted by Gasteiger charge is 2.22. The van der Waals surface area contributed by atoms with Crippen molar-refractivity contribution in [2.45, 2.75) is 19.1 Å². The standard InChI is InChI=1S/C12H16O6S/c1-6(13)19-5-9(15)11(16)7-3-8(14)12(17)10(4-7)18-2/h3-4,9,11,14-17H,5H2,1-2H3. The van der Waals surface area contributed by atoms with E-state index < -0.39 is 23.7 Å². The minimum Gasteiger partial charge on any atom is -0.504 e. The molecule has 0 aliphatic heterocycles. The molecule has 0 bridgehead atoms. The monoisotopic (exact) mass is 288 g/mol. The van der Waals surface area contributed by atoms with Crippen LogP contribution in [0.5, 0.6) is 17.2 Å². The van der Waals surface area contributed by atoms with E-state index in [1.807, 2.05) is 0 Å². The lowest BCUT2D eigenvalue weighted by atomic mass is 10.0. The normalized spacial score (nSPS) is 13.9. The van der Waals surface area contributed by atoms with Gasteiger partial charge in [-0.05, 0) is 17.7 Å². The van der Waals surface area contributed by atoms with E-state index in [4.69, 9.17) is 4.74 Å². The number of phenols is 2. The number of phenolic OH excluding ortho intramolecular Hbond substituents is 2. The zero-order valence-corrected chi connectivity index (χ0v) is 11.3. The maximum absolute atomic E-state index is 10.8. The Bertz CT molecular complexity index is 462. The zero-order chi connectivity index (χ0) is 14.6. The van der Waals surface area contributed by atoms with Crippen LogP contribution in [0.15, 0.2) is 12.1 Å². The number of benzene rings is 1. The van der Waals surface area contributed by atoms with E-state index in [0.29, 0.717) is 0 Å². The summed E-state index contributed by atoms with van der Waals surface area (Å²) in [6, 6.07) is 2.44. The first kappa shape index (κ1) is 15.6. The molecule has 0 amide bonds. The Morgan fingerprint density at radius 2 is 2.00 bits per heavy atom. The smallest absolute Gasteiger partial charge is 0.200 e. The van der Waals surface area contributed by atoms with E-state index in [2.05, 4.69) is 0 Å². The molecule has 0 saturated carbocycles. The zero-order valence-electron chi connectivity index (χ0n) is 10.5. The molecule has 2 atom stereocenters. The molecular formula is C12H16O6S. The molecule has 1 aromatic carbocycles. The van der Waals surface area contributed by atoms with Gasteiger partial charge >= 0.3 is 0 Å². The van der Waals surface area contributed by atoms with Crippen LogP contribution in [-0.2, 0) is 4.79 Å². The summed E-state index contributed by atoms with van der Waals surface area (Å²) in [6.45, 7) is 1.36. The molecule has 6 nitrogen and oxygen atoms in total. The van der Waals surface area contributed by atoms with Crippen molar-refractivity contribution in [2.24, 2.45) is 0 Å². The molecule has 1 rings (SSSR count). The number of rotatable bonds is 5. The van der Waals surface area contributed by atoms with Crippen LogP contribution in [0.3, 0.4) is 0 Å². The number of carbonyl (C=O) groups is 1. The van der Waals surface area contributed by atoms with Crippen molar-refractivity contribution in [2.75, 3.05) is 12.9 Å². The van der Waals surface area contributed by atoms with Crippen LogP contribution >= 0.6 is 11.8 Å². The predicted octanol–water partition coefficient (Wildman–Crippen LogP) is 0.780. The molecule has 0 spiro atoms. The number of thioether (sulfide) groups is 1. The minimum absolute atomic E-state index is 0.0135. The third-order valence-corrected chi connectivity index (χ3v) is 3.38. The number of hydrogen-bond acceptors (Lipinski definition) is 7. The molecular weight excluding hydrogens is 272 g/mol. The van der Waals surface area contributed by atoms with Crippen molar-refractivity contribution >= 4 is 16.9 Å². The van der Waals surface area contributed by atoms with Gasteiger partial charge in [-0.3, -0.25) is 4.79 Å². The van der Waals surface area contributed by atoms with E-state index in [1.54, 1.807) is 0 Å². The van der Waals surface area contributed by atoms with E-state index in [1.165, 1.54) is 20.1 Å². The third kappa shape index (κ3) is 4.02. The quantitative estimate of drug-likeness (QED) is 0.593. The molecule has 0 fully saturated rings. The third-order valence-electron chi connectivity index (χ3n) is 2.46. The van der Waals surface area contributed by atoms with Crippen LogP contribution in [0.25, 0.3) is 0 Å². The Morgan fingerprint density at radius 3 is 2.53 bits per heavy atom. The fraction of sp³-hybridized carbons (Fsp3) is 0.417. The van der Waals surface area contributed by atoms with Gasteiger partial charge in [0, 0.05) is 12.7 Å². The van der Waals surface area contributed by atoms with Crippen molar-refractivity contribution in [3.05, 3.63) is 17.7 Å². The second-order valence-electron chi connectivity index (χ2n) is 3.91. The predicted molar refractivity (Wildman–Crippen MR) is 70.4 cm³/mol. The Hall–Kier alpha value is -1.44. The van der Waals surface area contributed by atoms with Gasteiger partial charge in [-0.15, -0.1) is 0 Å². The number of aliphatic hydroxyl groups is 2. The topological polar surface area (TPSA) is 107 Å². The van der Waals surface area contributed by atoms with Crippen LogP contribution in [0, 0.1) is 0 Å². The van der Waals surface area contributed by atoms with Gasteiger partial charge in [0.25, 0.3) is 0 Å². The molecule has 0 radical (unpaired) electrons. The Morgan fingerprint density at radius 1 is 1.37 bits per heavy atom. The highest BCUT2D eigenvalue weighted by Crippen LogP contribution is 2.38. The van der Waals surface area contributed by atoms with Gasteiger partial charge in [-0.1, -0.05) is 11.8 Å². The fourth-order valence-corrected chi connectivity index (χ4v) is 2.04. The number of aliphatic hydroxyl groups excluding tert-OH is 2. The van der Waals surface area contributed by atoms with Gasteiger partial charge in [0.15, 0.2) is 16.6 Å². The van der Waals surface area contributed by atoms with Gasteiger partial charge < -0.3 is 25.2 Å². The van der Waals surface area contributed by atoms with Crippen LogP contribution in [0.1, 0.15) is 18.6 Å². The number of methoxy groups -OCH3 is 1. The molecule has 2 unspecified atom stereocenters. The largest absolute Gasteiger partial charge is 0.504 e. The average molecular weight is 288 g/mol. The van der Waals surface area contributed by atoms with Gasteiger partial charge in [-0.2, -0.15) is 0 Å². The van der Waals surface area contributed by atoms with Crippen molar-refractivity contribution in [3.63, 3.8) is 0 Å². The van der Waals surface area contributed by atoms with Crippen molar-refractivity contribution in [1.29, 1.82) is 0 Å². The first-order chi connectivity index (χ1) is 8.86. The van der Waals surface area contributed by atoms with Crippen molar-refractivity contribution in [1.82, 2.24) is 0 Å². The van der Waals surface area contributed by atoms with Crippen LogP contribution in [-0.4, -0.2) is 44.5 Å². The fourth-order valence-electron chi connectivity index (χ4n) is 1.46. The summed E-state index contributed by atoms with van der Waals surface area (Å²) in [5.74, 6) is -0.883. The summed E-state index contributed by atoms with van der Waals surface area (Å²) in [5, 5.41) is 38.4. The summed E-state index contributed by atoms with van der Waals surface area (Å²) >= 11 is 0.888. The first-order valence-electron chi connectivity index (χ1n) is 5.46. The SMILES string of the molecule is COc1cc(C(O)C(O)CSC(C)=O)cc(O)c1O. The summed E-state index contributed by atoms with van der Waals surface area (Å²) in [6.07, 6.45) is -2.48. The minimum atomic E-state index is -1.30. The summed E-state index contributed by atoms with van der Waals surface area (Å²) in [7, 11) is 1.30. The second-order valence-corrected chi connectivity index (χ2v) is 5.10. The molecule has 0 aliphatic carbocycles. The maximum Gasteiger partial charge on any atom is 0.200 e. The number of carbonyl (C=O) groups excluding carboxylic acids is 1. The lowest BCUT2D eigenvalue weighted by Crippen LogP contribution is -2.21. The Labute approximate surface area is 114 Å². The summed E-state index contributed by atoms with van der Waals surface area (Å²) in [4.78, 5) is 10.8.